The van der Waals surface area contributed by atoms with Gasteiger partial charge in [0.2, 0.25) is 0 Å². The average Bonchev–Trinajstić information content (AvgIpc) is 2.70. The summed E-state index contributed by atoms with van der Waals surface area (Å²) < 4.78 is 42.6. The molecule has 0 fully saturated rings. The molecule has 0 saturated carbocycles. The van der Waals surface area contributed by atoms with Crippen molar-refractivity contribution >= 4 is 22.4 Å². The summed E-state index contributed by atoms with van der Waals surface area (Å²) in [5, 5.41) is 2.61. The number of ether oxygens (including phenoxy) is 1. The first-order valence-electron chi connectivity index (χ1n) is 5.00. The average molecular weight is 280 g/mol. The number of halogens is 3. The molecule has 0 spiro atoms. The van der Waals surface area contributed by atoms with Crippen LogP contribution in [0.4, 0.5) is 18.3 Å². The topological polar surface area (TPSA) is 51.2 Å². The largest absolute Gasteiger partial charge is 0.462 e. The highest BCUT2D eigenvalue weighted by atomic mass is 32.1. The van der Waals surface area contributed by atoms with Crippen LogP contribution in [0.15, 0.2) is 12.7 Å². The highest BCUT2D eigenvalue weighted by Gasteiger charge is 2.40. The Balaban J connectivity index is 3.08. The Kier molecular flexibility index (Phi) is 4.71. The molecule has 0 amide bonds. The van der Waals surface area contributed by atoms with E-state index in [1.54, 1.807) is 0 Å². The van der Waals surface area contributed by atoms with E-state index < -0.39 is 22.7 Å². The number of rotatable bonds is 5. The maximum Gasteiger partial charge on any atom is 0.435 e. The van der Waals surface area contributed by atoms with Gasteiger partial charge in [-0.3, -0.25) is 0 Å². The van der Waals surface area contributed by atoms with Crippen LogP contribution < -0.4 is 5.32 Å². The minimum Gasteiger partial charge on any atom is -0.462 e. The molecule has 4 nitrogen and oxygen atoms in total. The molecule has 1 aromatic rings. The Bertz CT molecular complexity index is 443. The summed E-state index contributed by atoms with van der Waals surface area (Å²) in [5.41, 5.74) is -1.22. The fourth-order valence-electron chi connectivity index (χ4n) is 1.08. The number of nitrogens with one attached hydrogen (secondary N) is 1. The van der Waals surface area contributed by atoms with E-state index >= 15 is 0 Å². The third-order valence-electron chi connectivity index (χ3n) is 1.75. The first-order chi connectivity index (χ1) is 8.40. The Morgan fingerprint density at radius 1 is 1.61 bits per heavy atom. The third-order valence-corrected chi connectivity index (χ3v) is 2.75. The van der Waals surface area contributed by atoms with Gasteiger partial charge in [0.05, 0.1) is 6.61 Å². The lowest BCUT2D eigenvalue weighted by atomic mass is 10.3. The zero-order valence-corrected chi connectivity index (χ0v) is 10.3. The van der Waals surface area contributed by atoms with Crippen molar-refractivity contribution < 1.29 is 22.7 Å². The minimum absolute atomic E-state index is 0.00342. The number of anilines is 1. The van der Waals surface area contributed by atoms with E-state index in [0.717, 1.165) is 0 Å². The van der Waals surface area contributed by atoms with E-state index in [-0.39, 0.29) is 18.3 Å². The molecule has 1 N–H and O–H groups in total. The standard InChI is InChI=1S/C10H11F3N2O2S/c1-3-5-14-9-15-7(10(11,12)13)6(18-9)8(16)17-4-2/h3H,1,4-5H2,2H3,(H,14,15). The summed E-state index contributed by atoms with van der Waals surface area (Å²) in [6.45, 7) is 5.20. The molecule has 1 aromatic heterocycles. The van der Waals surface area contributed by atoms with Gasteiger partial charge in [0.1, 0.15) is 4.88 Å². The predicted molar refractivity (Wildman–Crippen MR) is 61.8 cm³/mol. The lowest BCUT2D eigenvalue weighted by molar-refractivity contribution is -0.141. The number of alkyl halides is 3. The van der Waals surface area contributed by atoms with Gasteiger partial charge in [-0.15, -0.1) is 6.58 Å². The number of aromatic nitrogens is 1. The van der Waals surface area contributed by atoms with Gasteiger partial charge >= 0.3 is 12.1 Å². The summed E-state index contributed by atoms with van der Waals surface area (Å²) in [5.74, 6) is -1.02. The molecule has 0 unspecified atom stereocenters. The van der Waals surface area contributed by atoms with Gasteiger partial charge in [-0.05, 0) is 6.92 Å². The van der Waals surface area contributed by atoms with E-state index in [9.17, 15) is 18.0 Å². The number of carbonyl (C=O) groups excluding carboxylic acids is 1. The van der Waals surface area contributed by atoms with E-state index in [1.807, 2.05) is 0 Å². The highest BCUT2D eigenvalue weighted by molar-refractivity contribution is 7.17. The van der Waals surface area contributed by atoms with Gasteiger partial charge in [0, 0.05) is 6.54 Å². The van der Waals surface area contributed by atoms with Crippen LogP contribution >= 0.6 is 11.3 Å². The van der Waals surface area contributed by atoms with Gasteiger partial charge < -0.3 is 10.1 Å². The van der Waals surface area contributed by atoms with Crippen molar-refractivity contribution in [1.29, 1.82) is 0 Å². The van der Waals surface area contributed by atoms with Crippen LogP contribution in [0.2, 0.25) is 0 Å². The number of carbonyl (C=O) groups is 1. The fraction of sp³-hybridized carbons (Fsp3) is 0.400. The maximum absolute atomic E-state index is 12.7. The summed E-state index contributed by atoms with van der Waals surface area (Å²) in [6, 6.07) is 0. The molecule has 18 heavy (non-hydrogen) atoms. The molecular formula is C10H11F3N2O2S. The fourth-order valence-corrected chi connectivity index (χ4v) is 1.97. The van der Waals surface area contributed by atoms with Crippen molar-refractivity contribution in [3.8, 4) is 0 Å². The summed E-state index contributed by atoms with van der Waals surface area (Å²) in [6.07, 6.45) is -3.22. The lowest BCUT2D eigenvalue weighted by Gasteiger charge is -2.04. The molecule has 0 bridgehead atoms. The smallest absolute Gasteiger partial charge is 0.435 e. The molecule has 0 aromatic carbocycles. The Hall–Kier alpha value is -1.57. The van der Waals surface area contributed by atoms with Crippen LogP contribution in [0, 0.1) is 0 Å². The molecule has 0 aliphatic heterocycles. The number of esters is 1. The van der Waals surface area contributed by atoms with Gasteiger partial charge in [-0.25, -0.2) is 9.78 Å². The summed E-state index contributed by atoms with van der Waals surface area (Å²) in [7, 11) is 0. The third kappa shape index (κ3) is 3.46. The molecule has 0 aliphatic carbocycles. The van der Waals surface area contributed by atoms with Crippen molar-refractivity contribution in [2.24, 2.45) is 0 Å². The second kappa shape index (κ2) is 5.85. The molecule has 1 heterocycles. The first-order valence-corrected chi connectivity index (χ1v) is 5.81. The van der Waals surface area contributed by atoms with Gasteiger partial charge in [0.25, 0.3) is 0 Å². The molecule has 0 atom stereocenters. The van der Waals surface area contributed by atoms with Crippen LogP contribution in [0.1, 0.15) is 22.3 Å². The van der Waals surface area contributed by atoms with Gasteiger partial charge in [-0.2, -0.15) is 13.2 Å². The quantitative estimate of drug-likeness (QED) is 0.665. The predicted octanol–water partition coefficient (Wildman–Crippen LogP) is 2.94. The molecule has 0 aliphatic rings. The van der Waals surface area contributed by atoms with Gasteiger partial charge in [-0.1, -0.05) is 17.4 Å². The van der Waals surface area contributed by atoms with Gasteiger partial charge in [0.15, 0.2) is 10.8 Å². The van der Waals surface area contributed by atoms with Crippen molar-refractivity contribution in [3.63, 3.8) is 0 Å². The zero-order chi connectivity index (χ0) is 13.8. The minimum atomic E-state index is -4.69. The molecule has 1 rings (SSSR count). The molecule has 100 valence electrons. The second-order valence-corrected chi connectivity index (χ2v) is 4.08. The lowest BCUT2D eigenvalue weighted by Crippen LogP contribution is -2.13. The molecule has 0 saturated heterocycles. The van der Waals surface area contributed by atoms with Crippen LogP contribution in [-0.2, 0) is 10.9 Å². The maximum atomic E-state index is 12.7. The summed E-state index contributed by atoms with van der Waals surface area (Å²) >= 11 is 0.610. The number of hydrogen-bond donors (Lipinski definition) is 1. The van der Waals surface area contributed by atoms with Crippen molar-refractivity contribution in [2.45, 2.75) is 13.1 Å². The number of thiazole rings is 1. The van der Waals surface area contributed by atoms with E-state index in [1.165, 1.54) is 13.0 Å². The number of hydrogen-bond acceptors (Lipinski definition) is 5. The van der Waals surface area contributed by atoms with E-state index in [4.69, 9.17) is 0 Å². The summed E-state index contributed by atoms with van der Waals surface area (Å²) in [4.78, 5) is 14.2. The van der Waals surface area contributed by atoms with Crippen LogP contribution in [-0.4, -0.2) is 24.1 Å². The Morgan fingerprint density at radius 3 is 2.78 bits per heavy atom. The van der Waals surface area contributed by atoms with Crippen molar-refractivity contribution in [1.82, 2.24) is 4.98 Å². The molecular weight excluding hydrogens is 269 g/mol. The first kappa shape index (κ1) is 14.5. The van der Waals surface area contributed by atoms with E-state index in [0.29, 0.717) is 11.3 Å². The number of nitrogens with zero attached hydrogens (tertiary/aromatic N) is 1. The highest BCUT2D eigenvalue weighted by Crippen LogP contribution is 2.36. The molecule has 0 radical (unpaired) electrons. The van der Waals surface area contributed by atoms with Crippen molar-refractivity contribution in [3.05, 3.63) is 23.2 Å². The van der Waals surface area contributed by atoms with Crippen LogP contribution in [0.25, 0.3) is 0 Å². The van der Waals surface area contributed by atoms with Crippen LogP contribution in [0.3, 0.4) is 0 Å². The van der Waals surface area contributed by atoms with E-state index in [2.05, 4.69) is 21.6 Å². The zero-order valence-electron chi connectivity index (χ0n) is 9.50. The van der Waals surface area contributed by atoms with Crippen LogP contribution in [0.5, 0.6) is 0 Å². The molecule has 8 heteroatoms. The Labute approximate surface area is 105 Å². The van der Waals surface area contributed by atoms with Crippen molar-refractivity contribution in [2.75, 3.05) is 18.5 Å². The normalized spacial score (nSPS) is 11.1. The Morgan fingerprint density at radius 2 is 2.28 bits per heavy atom. The monoisotopic (exact) mass is 280 g/mol. The SMILES string of the molecule is C=CCNc1nc(C(F)(F)F)c(C(=O)OCC)s1. The second-order valence-electron chi connectivity index (χ2n) is 3.08.